The highest BCUT2D eigenvalue weighted by molar-refractivity contribution is 7.91. The van der Waals surface area contributed by atoms with Crippen LogP contribution in [0.5, 0.6) is 5.75 Å². The van der Waals surface area contributed by atoms with Crippen LogP contribution in [0.2, 0.25) is 0 Å². The number of carbonyl (C=O) groups is 1. The summed E-state index contributed by atoms with van der Waals surface area (Å²) in [6.07, 6.45) is 8.91. The second-order valence-electron chi connectivity index (χ2n) is 11.4. The van der Waals surface area contributed by atoms with Crippen molar-refractivity contribution in [3.8, 4) is 33.1 Å². The lowest BCUT2D eigenvalue weighted by atomic mass is 9.73. The maximum absolute atomic E-state index is 13.6. The highest BCUT2D eigenvalue weighted by atomic mass is 32.2. The Bertz CT molecular complexity index is 1560. The lowest BCUT2D eigenvalue weighted by Crippen LogP contribution is -2.40. The van der Waals surface area contributed by atoms with Crippen molar-refractivity contribution in [1.82, 2.24) is 15.0 Å². The minimum atomic E-state index is -2.96. The van der Waals surface area contributed by atoms with E-state index in [0.29, 0.717) is 36.1 Å². The molecule has 3 aliphatic rings. The van der Waals surface area contributed by atoms with Crippen molar-refractivity contribution in [3.63, 3.8) is 0 Å². The van der Waals surface area contributed by atoms with Gasteiger partial charge < -0.3 is 9.64 Å². The number of hydrogen-bond acceptors (Lipinski definition) is 10. The number of anilines is 1. The van der Waals surface area contributed by atoms with E-state index in [1.165, 1.54) is 11.3 Å². The highest BCUT2D eigenvalue weighted by Gasteiger charge is 2.47. The van der Waals surface area contributed by atoms with Gasteiger partial charge in [0.05, 0.1) is 53.1 Å². The van der Waals surface area contributed by atoms with Crippen molar-refractivity contribution >= 4 is 32.6 Å². The molecule has 0 radical (unpaired) electrons. The van der Waals surface area contributed by atoms with Crippen LogP contribution in [-0.4, -0.2) is 60.9 Å². The quantitative estimate of drug-likeness (QED) is 0.354. The van der Waals surface area contributed by atoms with Crippen LogP contribution in [-0.2, 0) is 14.6 Å². The Morgan fingerprint density at radius 1 is 1.12 bits per heavy atom. The second kappa shape index (κ2) is 11.1. The smallest absolute Gasteiger partial charge is 0.188 e. The molecule has 0 bridgehead atoms. The van der Waals surface area contributed by atoms with Crippen LogP contribution < -0.4 is 9.64 Å². The van der Waals surface area contributed by atoms with Gasteiger partial charge in [-0.15, -0.1) is 11.3 Å². The summed E-state index contributed by atoms with van der Waals surface area (Å²) in [4.78, 5) is 30.7. The molecule has 2 saturated carbocycles. The Balaban J connectivity index is 1.35. The third-order valence-electron chi connectivity index (χ3n) is 8.68. The molecule has 9 nitrogen and oxygen atoms in total. The zero-order chi connectivity index (χ0) is 28.6. The molecule has 41 heavy (non-hydrogen) atoms. The zero-order valence-corrected chi connectivity index (χ0v) is 24.7. The predicted octanol–water partition coefficient (Wildman–Crippen LogP) is 5.05. The largest absolute Gasteiger partial charge is 0.494 e. The highest BCUT2D eigenvalue weighted by Crippen LogP contribution is 2.51. The molecule has 3 aromatic rings. The van der Waals surface area contributed by atoms with Crippen molar-refractivity contribution in [1.29, 1.82) is 5.26 Å². The number of Topliss-reactive ketones (excluding diaryl/α,β-unsaturated/α-hetero) is 1. The van der Waals surface area contributed by atoms with Gasteiger partial charge in [0.2, 0.25) is 0 Å². The fourth-order valence-corrected chi connectivity index (χ4v) is 8.29. The van der Waals surface area contributed by atoms with Crippen LogP contribution in [0, 0.1) is 22.7 Å². The first-order valence-corrected chi connectivity index (χ1v) is 16.8. The lowest BCUT2D eigenvalue weighted by Gasteiger charge is -2.31. The van der Waals surface area contributed by atoms with Gasteiger partial charge in [0.1, 0.15) is 5.78 Å². The summed E-state index contributed by atoms with van der Waals surface area (Å²) in [5.41, 5.74) is 2.43. The minimum Gasteiger partial charge on any atom is -0.494 e. The Labute approximate surface area is 244 Å². The number of thiazole rings is 1. The van der Waals surface area contributed by atoms with Crippen LogP contribution >= 0.6 is 11.3 Å². The SMILES string of the molecule is COc1cnc(-c2nc([C@@H]3CCCC[C@H]3C(=O)CC3(C#N)CC3)c(-c3ccc(N4CCS(=O)(=O)CC4)cc3)s2)nc1. The molecule has 2 aromatic heterocycles. The Morgan fingerprint density at radius 3 is 2.44 bits per heavy atom. The van der Waals surface area contributed by atoms with Crippen LogP contribution in [0.4, 0.5) is 5.69 Å². The average molecular weight is 592 g/mol. The molecule has 6 rings (SSSR count). The molecule has 0 spiro atoms. The summed E-state index contributed by atoms with van der Waals surface area (Å²) >= 11 is 1.52. The third-order valence-corrected chi connectivity index (χ3v) is 11.4. The summed E-state index contributed by atoms with van der Waals surface area (Å²) in [6.45, 7) is 0.977. The molecule has 1 aliphatic heterocycles. The van der Waals surface area contributed by atoms with Crippen molar-refractivity contribution in [3.05, 3.63) is 42.4 Å². The normalized spacial score (nSPS) is 23.0. The van der Waals surface area contributed by atoms with Gasteiger partial charge in [-0.2, -0.15) is 5.26 Å². The van der Waals surface area contributed by atoms with Crippen molar-refractivity contribution in [2.24, 2.45) is 11.3 Å². The summed E-state index contributed by atoms with van der Waals surface area (Å²) in [5.74, 6) is 1.41. The fourth-order valence-electron chi connectivity index (χ4n) is 6.00. The molecule has 3 fully saturated rings. The average Bonchev–Trinajstić information content (AvgIpc) is 3.63. The summed E-state index contributed by atoms with van der Waals surface area (Å²) in [7, 11) is -1.38. The maximum Gasteiger partial charge on any atom is 0.188 e. The van der Waals surface area contributed by atoms with Gasteiger partial charge >= 0.3 is 0 Å². The van der Waals surface area contributed by atoms with Crippen LogP contribution in [0.1, 0.15) is 56.6 Å². The monoisotopic (exact) mass is 591 g/mol. The van der Waals surface area contributed by atoms with E-state index in [2.05, 4.69) is 33.1 Å². The Kier molecular flexibility index (Phi) is 7.55. The number of ether oxygens (including phenoxy) is 1. The minimum absolute atomic E-state index is 0.0315. The van der Waals surface area contributed by atoms with Gasteiger partial charge in [-0.25, -0.2) is 23.4 Å². The number of rotatable bonds is 8. The van der Waals surface area contributed by atoms with Gasteiger partial charge in [-0.05, 0) is 43.4 Å². The lowest BCUT2D eigenvalue weighted by molar-refractivity contribution is -0.125. The first-order chi connectivity index (χ1) is 19.8. The second-order valence-corrected chi connectivity index (χ2v) is 14.7. The molecule has 2 aliphatic carbocycles. The van der Waals surface area contributed by atoms with Gasteiger partial charge in [0.15, 0.2) is 26.4 Å². The molecule has 0 unspecified atom stereocenters. The molecule has 2 atom stereocenters. The van der Waals surface area contributed by atoms with Gasteiger partial charge in [0.25, 0.3) is 0 Å². The number of benzene rings is 1. The predicted molar refractivity (Wildman–Crippen MR) is 158 cm³/mol. The molecule has 0 amide bonds. The third kappa shape index (κ3) is 5.86. The van der Waals surface area contributed by atoms with Crippen molar-refractivity contribution < 1.29 is 17.9 Å². The van der Waals surface area contributed by atoms with E-state index in [4.69, 9.17) is 9.72 Å². The number of hydrogen-bond donors (Lipinski definition) is 0. The molecule has 3 heterocycles. The van der Waals surface area contributed by atoms with E-state index in [1.807, 2.05) is 12.1 Å². The molecule has 0 N–H and O–H groups in total. The molecule has 1 aromatic carbocycles. The van der Waals surface area contributed by atoms with Gasteiger partial charge in [0, 0.05) is 37.0 Å². The number of carbonyl (C=O) groups excluding carboxylic acids is 1. The molecule has 1 saturated heterocycles. The Hall–Kier alpha value is -3.36. The first kappa shape index (κ1) is 27.8. The van der Waals surface area contributed by atoms with Gasteiger partial charge in [-0.3, -0.25) is 4.79 Å². The van der Waals surface area contributed by atoms with Crippen LogP contribution in [0.15, 0.2) is 36.7 Å². The van der Waals surface area contributed by atoms with E-state index < -0.39 is 15.3 Å². The van der Waals surface area contributed by atoms with E-state index in [9.17, 15) is 18.5 Å². The van der Waals surface area contributed by atoms with E-state index in [-0.39, 0.29) is 29.1 Å². The molecular formula is C30H33N5O4S2. The number of nitriles is 1. The summed E-state index contributed by atoms with van der Waals surface area (Å²) < 4.78 is 29.0. The van der Waals surface area contributed by atoms with E-state index in [0.717, 1.165) is 60.3 Å². The topological polar surface area (TPSA) is 126 Å². The number of methoxy groups -OCH3 is 1. The Morgan fingerprint density at radius 2 is 1.80 bits per heavy atom. The van der Waals surface area contributed by atoms with E-state index in [1.54, 1.807) is 19.5 Å². The van der Waals surface area contributed by atoms with Crippen molar-refractivity contribution in [2.45, 2.75) is 50.9 Å². The van der Waals surface area contributed by atoms with Crippen LogP contribution in [0.25, 0.3) is 21.3 Å². The zero-order valence-electron chi connectivity index (χ0n) is 23.1. The number of aromatic nitrogens is 3. The maximum atomic E-state index is 13.6. The number of nitrogens with zero attached hydrogens (tertiary/aromatic N) is 5. The van der Waals surface area contributed by atoms with E-state index >= 15 is 0 Å². The summed E-state index contributed by atoms with van der Waals surface area (Å²) in [6, 6.07) is 10.6. The van der Waals surface area contributed by atoms with Crippen molar-refractivity contribution in [2.75, 3.05) is 36.6 Å². The standard InChI is InChI=1S/C30H33N5O4S2/c1-39-22-17-32-28(33-18-22)29-34-26(24-5-3-2-4-23(24)25(36)16-30(19-31)10-11-30)27(40-29)20-6-8-21(9-7-20)35-12-14-41(37,38)15-13-35/h6-9,17-18,23-24H,2-5,10-16H2,1H3/t23-,24-/m1/s1. The molecule has 11 heteroatoms. The first-order valence-electron chi connectivity index (χ1n) is 14.2. The van der Waals surface area contributed by atoms with Crippen LogP contribution in [0.3, 0.4) is 0 Å². The molecular weight excluding hydrogens is 558 g/mol. The van der Waals surface area contributed by atoms with Gasteiger partial charge in [-0.1, -0.05) is 25.0 Å². The summed E-state index contributed by atoms with van der Waals surface area (Å²) in [5, 5.41) is 10.3. The molecule has 214 valence electrons. The number of ketones is 1. The fraction of sp³-hybridized carbons (Fsp3) is 0.500. The number of sulfone groups is 1.